The zero-order chi connectivity index (χ0) is 16.3. The summed E-state index contributed by atoms with van der Waals surface area (Å²) >= 11 is 0. The van der Waals surface area contributed by atoms with Gasteiger partial charge in [0.05, 0.1) is 12.6 Å². The Hall–Kier alpha value is -1.61. The number of carbonyl (C=O) groups is 1. The molecular weight excluding hydrogens is 321 g/mol. The van der Waals surface area contributed by atoms with Gasteiger partial charge in [-0.3, -0.25) is 0 Å². The second kappa shape index (κ2) is 6.66. The van der Waals surface area contributed by atoms with Crippen molar-refractivity contribution < 1.29 is 27.3 Å². The van der Waals surface area contributed by atoms with Gasteiger partial charge >= 0.3 is 11.5 Å². The van der Waals surface area contributed by atoms with Crippen molar-refractivity contribution in [2.75, 3.05) is 18.5 Å². The Morgan fingerprint density at radius 1 is 1.36 bits per heavy atom. The number of urea groups is 1. The Bertz CT molecular complexity index is 563. The molecule has 0 aliphatic carbocycles. The molecule has 1 aromatic rings. The number of benzene rings is 1. The lowest BCUT2D eigenvalue weighted by Gasteiger charge is -2.23. The standard InChI is InChI=1S/C13H15F3N2O3S/c14-13(15,16)22(21)11-5-3-9(4-6-11)17-12(20)18-7-1-2-10(18)8-19/h3-6,10,19H,1-2,7-8H2,(H,17,20)/t10-,22+/m0/s1. The molecular formula is C13H15F3N2O3S. The fourth-order valence-corrected chi connectivity index (χ4v) is 2.93. The van der Waals surface area contributed by atoms with Gasteiger partial charge in [0.15, 0.2) is 10.8 Å². The number of rotatable bonds is 3. The highest BCUT2D eigenvalue weighted by Crippen LogP contribution is 2.27. The van der Waals surface area contributed by atoms with Crippen LogP contribution in [0.1, 0.15) is 12.8 Å². The van der Waals surface area contributed by atoms with Gasteiger partial charge in [-0.25, -0.2) is 9.00 Å². The quantitative estimate of drug-likeness (QED) is 0.890. The molecule has 5 nitrogen and oxygen atoms in total. The fourth-order valence-electron chi connectivity index (χ4n) is 2.28. The van der Waals surface area contributed by atoms with Gasteiger partial charge in [0, 0.05) is 17.1 Å². The van der Waals surface area contributed by atoms with Crippen molar-refractivity contribution in [3.8, 4) is 0 Å². The number of carbonyl (C=O) groups excluding carboxylic acids is 1. The number of likely N-dealkylation sites (tertiary alicyclic amines) is 1. The van der Waals surface area contributed by atoms with Crippen LogP contribution in [0, 0.1) is 0 Å². The zero-order valence-electron chi connectivity index (χ0n) is 11.5. The van der Waals surface area contributed by atoms with Crippen molar-refractivity contribution in [2.24, 2.45) is 0 Å². The first-order valence-electron chi connectivity index (χ1n) is 6.60. The summed E-state index contributed by atoms with van der Waals surface area (Å²) in [4.78, 5) is 13.1. The summed E-state index contributed by atoms with van der Waals surface area (Å²) < 4.78 is 48.1. The number of aliphatic hydroxyl groups is 1. The third kappa shape index (κ3) is 3.77. The second-order valence-corrected chi connectivity index (χ2v) is 6.31. The lowest BCUT2D eigenvalue weighted by molar-refractivity contribution is -0.0384. The highest BCUT2D eigenvalue weighted by molar-refractivity contribution is 7.86. The van der Waals surface area contributed by atoms with Crippen molar-refractivity contribution >= 4 is 22.5 Å². The van der Waals surface area contributed by atoms with E-state index in [2.05, 4.69) is 5.32 Å². The van der Waals surface area contributed by atoms with Gasteiger partial charge in [0.2, 0.25) is 0 Å². The van der Waals surface area contributed by atoms with Crippen LogP contribution in [0.15, 0.2) is 29.2 Å². The van der Waals surface area contributed by atoms with E-state index < -0.39 is 22.3 Å². The Labute approximate surface area is 127 Å². The maximum atomic E-state index is 12.3. The highest BCUT2D eigenvalue weighted by Gasteiger charge is 2.37. The molecule has 0 spiro atoms. The van der Waals surface area contributed by atoms with Crippen molar-refractivity contribution in [1.29, 1.82) is 0 Å². The molecule has 2 amide bonds. The van der Waals surface area contributed by atoms with E-state index in [4.69, 9.17) is 5.11 Å². The summed E-state index contributed by atoms with van der Waals surface area (Å²) in [6.45, 7) is 0.393. The minimum absolute atomic E-state index is 0.128. The van der Waals surface area contributed by atoms with E-state index in [0.29, 0.717) is 18.7 Å². The summed E-state index contributed by atoms with van der Waals surface area (Å²) in [5.41, 5.74) is -4.51. The van der Waals surface area contributed by atoms with Gasteiger partial charge in [0.25, 0.3) is 0 Å². The van der Waals surface area contributed by atoms with Gasteiger partial charge in [0.1, 0.15) is 0 Å². The number of nitrogens with zero attached hydrogens (tertiary/aromatic N) is 1. The van der Waals surface area contributed by atoms with Gasteiger partial charge < -0.3 is 15.3 Å². The minimum Gasteiger partial charge on any atom is -0.394 e. The average molecular weight is 336 g/mol. The Morgan fingerprint density at radius 2 is 2.00 bits per heavy atom. The Morgan fingerprint density at radius 3 is 2.55 bits per heavy atom. The van der Waals surface area contributed by atoms with Gasteiger partial charge in [-0.1, -0.05) is 0 Å². The van der Waals surface area contributed by atoms with E-state index in [1.54, 1.807) is 0 Å². The van der Waals surface area contributed by atoms with Crippen LogP contribution < -0.4 is 5.32 Å². The molecule has 0 bridgehead atoms. The lowest BCUT2D eigenvalue weighted by atomic mass is 10.2. The van der Waals surface area contributed by atoms with E-state index in [0.717, 1.165) is 18.6 Å². The topological polar surface area (TPSA) is 69.6 Å². The maximum absolute atomic E-state index is 12.3. The van der Waals surface area contributed by atoms with Gasteiger partial charge in [-0.05, 0) is 37.1 Å². The molecule has 22 heavy (non-hydrogen) atoms. The van der Waals surface area contributed by atoms with Crippen LogP contribution in [0.25, 0.3) is 0 Å². The first-order chi connectivity index (χ1) is 10.3. The van der Waals surface area contributed by atoms with Crippen molar-refractivity contribution in [2.45, 2.75) is 29.3 Å². The molecule has 0 aromatic heterocycles. The van der Waals surface area contributed by atoms with Crippen LogP contribution in [0.4, 0.5) is 23.7 Å². The Balaban J connectivity index is 2.02. The molecule has 0 saturated carbocycles. The molecule has 1 fully saturated rings. The van der Waals surface area contributed by atoms with E-state index in [-0.39, 0.29) is 17.5 Å². The zero-order valence-corrected chi connectivity index (χ0v) is 12.3. The largest absolute Gasteiger partial charge is 0.475 e. The highest BCUT2D eigenvalue weighted by atomic mass is 32.2. The van der Waals surface area contributed by atoms with E-state index in [1.165, 1.54) is 17.0 Å². The predicted octanol–water partition coefficient (Wildman–Crippen LogP) is 2.30. The molecule has 1 aromatic carbocycles. The molecule has 2 N–H and O–H groups in total. The molecule has 0 unspecified atom stereocenters. The number of anilines is 1. The number of hydrogen-bond donors (Lipinski definition) is 2. The number of amides is 2. The summed E-state index contributed by atoms with van der Waals surface area (Å²) in [6, 6.07) is 4.00. The van der Waals surface area contributed by atoms with Crippen LogP contribution in [0.2, 0.25) is 0 Å². The van der Waals surface area contributed by atoms with E-state index >= 15 is 0 Å². The SMILES string of the molecule is O=C(Nc1ccc([S@@](=O)C(F)(F)F)cc1)N1CCC[C@H]1CO. The third-order valence-corrected chi connectivity index (χ3v) is 4.50. The van der Waals surface area contributed by atoms with Crippen molar-refractivity contribution in [3.63, 3.8) is 0 Å². The summed E-state index contributed by atoms with van der Waals surface area (Å²) in [5.74, 6) is 0. The fraction of sp³-hybridized carbons (Fsp3) is 0.462. The van der Waals surface area contributed by atoms with Crippen LogP contribution >= 0.6 is 0 Å². The Kier molecular flexibility index (Phi) is 5.07. The van der Waals surface area contributed by atoms with Crippen LogP contribution in [-0.4, -0.2) is 44.9 Å². The second-order valence-electron chi connectivity index (χ2n) is 4.84. The molecule has 1 aliphatic heterocycles. The van der Waals surface area contributed by atoms with Crippen LogP contribution in [0.3, 0.4) is 0 Å². The first kappa shape index (κ1) is 16.8. The normalized spacial score (nSPS) is 20.0. The summed E-state index contributed by atoms with van der Waals surface area (Å²) in [6.07, 6.45) is 1.51. The molecule has 2 atom stereocenters. The van der Waals surface area contributed by atoms with E-state index in [9.17, 15) is 22.2 Å². The van der Waals surface area contributed by atoms with E-state index in [1.807, 2.05) is 0 Å². The molecule has 1 heterocycles. The lowest BCUT2D eigenvalue weighted by Crippen LogP contribution is -2.40. The first-order valence-corrected chi connectivity index (χ1v) is 7.75. The summed E-state index contributed by atoms with van der Waals surface area (Å²) in [7, 11) is -3.09. The number of hydrogen-bond acceptors (Lipinski definition) is 3. The van der Waals surface area contributed by atoms with Gasteiger partial charge in [-0.15, -0.1) is 0 Å². The maximum Gasteiger partial charge on any atom is 0.475 e. The molecule has 1 aliphatic rings. The molecule has 9 heteroatoms. The minimum atomic E-state index is -4.81. The van der Waals surface area contributed by atoms with Gasteiger partial charge in [-0.2, -0.15) is 13.2 Å². The number of nitrogens with one attached hydrogen (secondary N) is 1. The van der Waals surface area contributed by atoms with Crippen molar-refractivity contribution in [3.05, 3.63) is 24.3 Å². The van der Waals surface area contributed by atoms with Crippen molar-refractivity contribution in [1.82, 2.24) is 4.90 Å². The number of alkyl halides is 3. The number of aliphatic hydroxyl groups excluding tert-OH is 1. The molecule has 122 valence electrons. The smallest absolute Gasteiger partial charge is 0.394 e. The third-order valence-electron chi connectivity index (χ3n) is 3.38. The predicted molar refractivity (Wildman–Crippen MR) is 74.7 cm³/mol. The molecule has 2 rings (SSSR count). The number of halogens is 3. The summed E-state index contributed by atoms with van der Waals surface area (Å²) in [5, 5.41) is 11.7. The van der Waals surface area contributed by atoms with Crippen LogP contribution in [0.5, 0.6) is 0 Å². The van der Waals surface area contributed by atoms with Crippen LogP contribution in [-0.2, 0) is 10.8 Å². The molecule has 0 radical (unpaired) electrons. The molecule has 1 saturated heterocycles. The monoisotopic (exact) mass is 336 g/mol. The average Bonchev–Trinajstić information content (AvgIpc) is 2.95.